The van der Waals surface area contributed by atoms with Crippen LogP contribution in [0.2, 0.25) is 0 Å². The van der Waals surface area contributed by atoms with Gasteiger partial charge in [-0.25, -0.2) is 9.59 Å². The first kappa shape index (κ1) is 14.1. The van der Waals surface area contributed by atoms with Crippen molar-refractivity contribution in [2.24, 2.45) is 0 Å². The van der Waals surface area contributed by atoms with Gasteiger partial charge in [0.15, 0.2) is 0 Å². The lowest BCUT2D eigenvalue weighted by atomic mass is 10.2. The maximum Gasteiger partial charge on any atom is 0.374 e. The van der Waals surface area contributed by atoms with Crippen molar-refractivity contribution in [2.75, 3.05) is 27.2 Å². The van der Waals surface area contributed by atoms with Crippen molar-refractivity contribution in [1.29, 1.82) is 0 Å². The summed E-state index contributed by atoms with van der Waals surface area (Å²) < 4.78 is 10.4. The number of carboxylic acid groups (broad SMARTS) is 1. The smallest absolute Gasteiger partial charge is 0.374 e. The number of furan rings is 1. The molecule has 0 amide bonds. The molecule has 1 aromatic carbocycles. The fraction of sp³-hybridized carbons (Fsp3) is 0.286. The van der Waals surface area contributed by atoms with E-state index in [9.17, 15) is 9.59 Å². The molecule has 0 aliphatic heterocycles. The van der Waals surface area contributed by atoms with Crippen molar-refractivity contribution in [3.8, 4) is 0 Å². The Hall–Kier alpha value is -2.34. The van der Waals surface area contributed by atoms with Crippen molar-refractivity contribution in [2.45, 2.75) is 0 Å². The second-order valence-electron chi connectivity index (χ2n) is 4.61. The zero-order chi connectivity index (χ0) is 14.7. The number of carbonyl (C=O) groups is 2. The van der Waals surface area contributed by atoms with Crippen LogP contribution in [-0.4, -0.2) is 49.2 Å². The van der Waals surface area contributed by atoms with Gasteiger partial charge in [0.05, 0.1) is 5.56 Å². The topological polar surface area (TPSA) is 80.0 Å². The van der Waals surface area contributed by atoms with Gasteiger partial charge in [0.1, 0.15) is 12.2 Å². The largest absolute Gasteiger partial charge is 0.478 e. The van der Waals surface area contributed by atoms with Crippen LogP contribution in [0.3, 0.4) is 0 Å². The fourth-order valence-corrected chi connectivity index (χ4v) is 1.66. The molecule has 0 saturated carbocycles. The molecular formula is C14H15NO5. The first-order chi connectivity index (χ1) is 9.47. The van der Waals surface area contributed by atoms with Crippen LogP contribution < -0.4 is 0 Å². The third kappa shape index (κ3) is 3.16. The molecule has 0 atom stereocenters. The number of rotatable bonds is 5. The van der Waals surface area contributed by atoms with Crippen LogP contribution in [0.25, 0.3) is 11.0 Å². The maximum absolute atomic E-state index is 11.8. The van der Waals surface area contributed by atoms with Gasteiger partial charge >= 0.3 is 11.9 Å². The molecule has 6 heteroatoms. The summed E-state index contributed by atoms with van der Waals surface area (Å²) >= 11 is 0. The highest BCUT2D eigenvalue weighted by Gasteiger charge is 2.15. The Labute approximate surface area is 115 Å². The van der Waals surface area contributed by atoms with E-state index in [1.165, 1.54) is 12.1 Å². The normalized spacial score (nSPS) is 10.9. The molecule has 0 saturated heterocycles. The third-order valence-corrected chi connectivity index (χ3v) is 2.74. The van der Waals surface area contributed by atoms with Gasteiger partial charge in [-0.1, -0.05) is 6.07 Å². The first-order valence-electron chi connectivity index (χ1n) is 6.06. The Bertz CT molecular complexity index is 644. The molecule has 0 radical (unpaired) electrons. The summed E-state index contributed by atoms with van der Waals surface area (Å²) in [7, 11) is 3.75. The van der Waals surface area contributed by atoms with Gasteiger partial charge in [-0.15, -0.1) is 0 Å². The van der Waals surface area contributed by atoms with E-state index < -0.39 is 11.9 Å². The summed E-state index contributed by atoms with van der Waals surface area (Å²) in [5.74, 6) is -1.53. The minimum Gasteiger partial charge on any atom is -0.478 e. The number of carbonyl (C=O) groups excluding carboxylic acids is 1. The quantitative estimate of drug-likeness (QED) is 0.840. The number of aromatic carboxylic acids is 1. The van der Waals surface area contributed by atoms with Crippen molar-refractivity contribution in [3.63, 3.8) is 0 Å². The van der Waals surface area contributed by atoms with E-state index in [-0.39, 0.29) is 17.9 Å². The van der Waals surface area contributed by atoms with Crippen LogP contribution in [0, 0.1) is 0 Å². The first-order valence-corrected chi connectivity index (χ1v) is 6.06. The molecule has 0 spiro atoms. The highest BCUT2D eigenvalue weighted by Crippen LogP contribution is 2.21. The number of benzene rings is 1. The summed E-state index contributed by atoms with van der Waals surface area (Å²) in [5.41, 5.74) is 0.462. The molecule has 1 heterocycles. The molecule has 0 aliphatic rings. The van der Waals surface area contributed by atoms with E-state index in [1.807, 2.05) is 19.0 Å². The molecular weight excluding hydrogens is 262 g/mol. The number of hydrogen-bond acceptors (Lipinski definition) is 5. The van der Waals surface area contributed by atoms with E-state index in [0.717, 1.165) is 0 Å². The Kier molecular flexibility index (Phi) is 4.05. The molecule has 0 aliphatic carbocycles. The van der Waals surface area contributed by atoms with Gasteiger partial charge < -0.3 is 19.2 Å². The zero-order valence-corrected chi connectivity index (χ0v) is 11.3. The Balaban J connectivity index is 2.14. The second kappa shape index (κ2) is 5.75. The van der Waals surface area contributed by atoms with E-state index in [0.29, 0.717) is 17.5 Å². The molecule has 6 nitrogen and oxygen atoms in total. The predicted molar refractivity (Wildman–Crippen MR) is 72.0 cm³/mol. The van der Waals surface area contributed by atoms with Gasteiger partial charge in [0, 0.05) is 11.9 Å². The number of ether oxygens (including phenoxy) is 1. The summed E-state index contributed by atoms with van der Waals surface area (Å²) in [6, 6.07) is 5.98. The number of nitrogens with zero attached hydrogens (tertiary/aromatic N) is 1. The van der Waals surface area contributed by atoms with Crippen LogP contribution in [0.1, 0.15) is 20.9 Å². The second-order valence-corrected chi connectivity index (χ2v) is 4.61. The van der Waals surface area contributed by atoms with Crippen LogP contribution in [0.5, 0.6) is 0 Å². The highest BCUT2D eigenvalue weighted by atomic mass is 16.5. The molecule has 20 heavy (non-hydrogen) atoms. The van der Waals surface area contributed by atoms with Crippen molar-refractivity contribution >= 4 is 22.9 Å². The molecule has 1 N–H and O–H groups in total. The summed E-state index contributed by atoms with van der Waals surface area (Å²) in [5, 5.41) is 9.55. The van der Waals surface area contributed by atoms with Gasteiger partial charge in [-0.2, -0.15) is 0 Å². The molecule has 2 rings (SSSR count). The molecule has 0 fully saturated rings. The molecule has 106 valence electrons. The Morgan fingerprint density at radius 2 is 2.05 bits per heavy atom. The molecule has 0 unspecified atom stereocenters. The van der Waals surface area contributed by atoms with Crippen molar-refractivity contribution < 1.29 is 23.8 Å². The Morgan fingerprint density at radius 1 is 1.30 bits per heavy atom. The fourth-order valence-electron chi connectivity index (χ4n) is 1.66. The van der Waals surface area contributed by atoms with E-state index >= 15 is 0 Å². The predicted octanol–water partition coefficient (Wildman–Crippen LogP) is 1.85. The number of carboxylic acids is 1. The minimum atomic E-state index is -1.04. The van der Waals surface area contributed by atoms with Gasteiger partial charge in [-0.05, 0) is 32.3 Å². The zero-order valence-electron chi connectivity index (χ0n) is 11.3. The standard InChI is InChI=1S/C14H15NO5/c1-15(2)5-6-19-14(18)12-7-9-3-4-10(13(16)17)8-11(9)20-12/h3-4,7-8H,5-6H2,1-2H3,(H,16,17). The minimum absolute atomic E-state index is 0.0706. The lowest BCUT2D eigenvalue weighted by Gasteiger charge is -2.08. The number of esters is 1. The molecule has 1 aromatic heterocycles. The van der Waals surface area contributed by atoms with Crippen LogP contribution >= 0.6 is 0 Å². The van der Waals surface area contributed by atoms with Gasteiger partial charge in [-0.3, -0.25) is 0 Å². The lowest BCUT2D eigenvalue weighted by Crippen LogP contribution is -2.19. The number of fused-ring (bicyclic) bond motifs is 1. The van der Waals surface area contributed by atoms with Gasteiger partial charge in [0.25, 0.3) is 0 Å². The van der Waals surface area contributed by atoms with Crippen LogP contribution in [-0.2, 0) is 4.74 Å². The van der Waals surface area contributed by atoms with Crippen LogP contribution in [0.4, 0.5) is 0 Å². The highest BCUT2D eigenvalue weighted by molar-refractivity contribution is 5.96. The number of hydrogen-bond donors (Lipinski definition) is 1. The van der Waals surface area contributed by atoms with Crippen LogP contribution in [0.15, 0.2) is 28.7 Å². The summed E-state index contributed by atoms with van der Waals surface area (Å²) in [6.45, 7) is 0.887. The Morgan fingerprint density at radius 3 is 2.70 bits per heavy atom. The average molecular weight is 277 g/mol. The van der Waals surface area contributed by atoms with Crippen molar-refractivity contribution in [1.82, 2.24) is 4.90 Å². The van der Waals surface area contributed by atoms with Gasteiger partial charge in [0.2, 0.25) is 5.76 Å². The van der Waals surface area contributed by atoms with Crippen molar-refractivity contribution in [3.05, 3.63) is 35.6 Å². The number of likely N-dealkylation sites (N-methyl/N-ethyl adjacent to an activating group) is 1. The monoisotopic (exact) mass is 277 g/mol. The van der Waals surface area contributed by atoms with E-state index in [2.05, 4.69) is 0 Å². The van der Waals surface area contributed by atoms with E-state index in [1.54, 1.807) is 12.1 Å². The average Bonchev–Trinajstić information content (AvgIpc) is 2.80. The summed E-state index contributed by atoms with van der Waals surface area (Å²) in [4.78, 5) is 24.5. The van der Waals surface area contributed by atoms with E-state index in [4.69, 9.17) is 14.3 Å². The lowest BCUT2D eigenvalue weighted by molar-refractivity contribution is 0.0448. The third-order valence-electron chi connectivity index (χ3n) is 2.74. The molecule has 2 aromatic rings. The molecule has 0 bridgehead atoms. The SMILES string of the molecule is CN(C)CCOC(=O)c1cc2ccc(C(=O)O)cc2o1. The maximum atomic E-state index is 11.8. The summed E-state index contributed by atoms with van der Waals surface area (Å²) in [6.07, 6.45) is 0.